The highest BCUT2D eigenvalue weighted by molar-refractivity contribution is 9.11. The van der Waals surface area contributed by atoms with Gasteiger partial charge in [0.25, 0.3) is 5.91 Å². The molecule has 21 heavy (non-hydrogen) atoms. The van der Waals surface area contributed by atoms with E-state index in [2.05, 4.69) is 36.8 Å². The molecule has 1 heterocycles. The van der Waals surface area contributed by atoms with Crippen LogP contribution in [0.1, 0.15) is 29.0 Å². The minimum absolute atomic E-state index is 0.0579. The van der Waals surface area contributed by atoms with E-state index in [-0.39, 0.29) is 5.91 Å². The highest BCUT2D eigenvalue weighted by Gasteiger charge is 2.33. The first kappa shape index (κ1) is 14.8. The predicted molar refractivity (Wildman–Crippen MR) is 87.9 cm³/mol. The van der Waals surface area contributed by atoms with E-state index in [1.165, 1.54) is 0 Å². The predicted octanol–water partition coefficient (Wildman–Crippen LogP) is 3.75. The number of amides is 1. The maximum absolute atomic E-state index is 12.8. The first-order valence-electron chi connectivity index (χ1n) is 6.78. The molecule has 1 amide bonds. The number of halogens is 2. The van der Waals surface area contributed by atoms with Crippen LogP contribution in [0.4, 0.5) is 0 Å². The van der Waals surface area contributed by atoms with E-state index in [0.717, 1.165) is 27.6 Å². The van der Waals surface area contributed by atoms with Gasteiger partial charge in [-0.15, -0.1) is 0 Å². The molecule has 0 saturated heterocycles. The zero-order valence-electron chi connectivity index (χ0n) is 11.6. The standard InChI is InChI=1S/C15H15Br2N3O/c1-19-5-4-18-14(19)9-20(13-2-3-13)15(21)10-6-11(16)8-12(17)7-10/h4-8,13H,2-3,9H2,1H3. The Labute approximate surface area is 140 Å². The smallest absolute Gasteiger partial charge is 0.254 e. The third-order valence-corrected chi connectivity index (χ3v) is 4.51. The van der Waals surface area contributed by atoms with Crippen LogP contribution < -0.4 is 0 Å². The zero-order chi connectivity index (χ0) is 15.0. The lowest BCUT2D eigenvalue weighted by Gasteiger charge is -2.22. The summed E-state index contributed by atoms with van der Waals surface area (Å²) in [5, 5.41) is 0. The first-order valence-corrected chi connectivity index (χ1v) is 8.36. The second-order valence-corrected chi connectivity index (χ2v) is 7.11. The molecule has 0 bridgehead atoms. The molecule has 0 aliphatic heterocycles. The van der Waals surface area contributed by atoms with Crippen LogP contribution in [0.25, 0.3) is 0 Å². The molecule has 0 unspecified atom stereocenters. The SMILES string of the molecule is Cn1ccnc1CN(C(=O)c1cc(Br)cc(Br)c1)C1CC1. The van der Waals surface area contributed by atoms with Gasteiger partial charge in [-0.2, -0.15) is 0 Å². The molecule has 1 aliphatic carbocycles. The fourth-order valence-electron chi connectivity index (χ4n) is 2.30. The van der Waals surface area contributed by atoms with Gasteiger partial charge in [-0.25, -0.2) is 4.98 Å². The van der Waals surface area contributed by atoms with E-state index < -0.39 is 0 Å². The van der Waals surface area contributed by atoms with E-state index in [4.69, 9.17) is 0 Å². The average Bonchev–Trinajstić information content (AvgIpc) is 3.18. The highest BCUT2D eigenvalue weighted by Crippen LogP contribution is 2.30. The number of nitrogens with zero attached hydrogens (tertiary/aromatic N) is 3. The number of imidazole rings is 1. The van der Waals surface area contributed by atoms with Gasteiger partial charge in [0.1, 0.15) is 5.82 Å². The zero-order valence-corrected chi connectivity index (χ0v) is 14.8. The second kappa shape index (κ2) is 5.93. The van der Waals surface area contributed by atoms with Crippen molar-refractivity contribution in [3.63, 3.8) is 0 Å². The number of aromatic nitrogens is 2. The molecular formula is C15H15Br2N3O. The van der Waals surface area contributed by atoms with Crippen molar-refractivity contribution in [2.75, 3.05) is 0 Å². The summed E-state index contributed by atoms with van der Waals surface area (Å²) in [6.45, 7) is 0.553. The molecule has 1 aliphatic rings. The Balaban J connectivity index is 1.86. The summed E-state index contributed by atoms with van der Waals surface area (Å²) in [6.07, 6.45) is 5.82. The number of aryl methyl sites for hydroxylation is 1. The van der Waals surface area contributed by atoms with Crippen LogP contribution in [0, 0.1) is 0 Å². The molecule has 0 radical (unpaired) electrons. The fourth-order valence-corrected chi connectivity index (χ4v) is 3.59. The molecule has 110 valence electrons. The van der Waals surface area contributed by atoms with Crippen LogP contribution in [0.15, 0.2) is 39.5 Å². The van der Waals surface area contributed by atoms with E-state index in [9.17, 15) is 4.79 Å². The molecule has 1 fully saturated rings. The van der Waals surface area contributed by atoms with Crippen LogP contribution in [0.2, 0.25) is 0 Å². The molecule has 0 spiro atoms. The molecule has 1 aromatic heterocycles. The Kier molecular flexibility index (Phi) is 4.17. The molecule has 6 heteroatoms. The van der Waals surface area contributed by atoms with E-state index in [1.54, 1.807) is 6.20 Å². The molecule has 3 rings (SSSR count). The molecule has 1 saturated carbocycles. The normalized spacial score (nSPS) is 14.2. The van der Waals surface area contributed by atoms with Gasteiger partial charge in [0.2, 0.25) is 0 Å². The molecule has 2 aromatic rings. The van der Waals surface area contributed by atoms with Crippen molar-refractivity contribution in [2.45, 2.75) is 25.4 Å². The summed E-state index contributed by atoms with van der Waals surface area (Å²) in [7, 11) is 1.95. The van der Waals surface area contributed by atoms with E-state index >= 15 is 0 Å². The molecule has 0 atom stereocenters. The van der Waals surface area contributed by atoms with E-state index in [0.29, 0.717) is 18.2 Å². The summed E-state index contributed by atoms with van der Waals surface area (Å²) in [4.78, 5) is 19.1. The van der Waals surface area contributed by atoms with Crippen molar-refractivity contribution in [1.29, 1.82) is 0 Å². The summed E-state index contributed by atoms with van der Waals surface area (Å²) < 4.78 is 3.75. The number of hydrogen-bond donors (Lipinski definition) is 0. The van der Waals surface area contributed by atoms with Gasteiger partial charge in [0, 0.05) is 40.0 Å². The van der Waals surface area contributed by atoms with Crippen molar-refractivity contribution >= 4 is 37.8 Å². The Morgan fingerprint density at radius 1 is 1.33 bits per heavy atom. The van der Waals surface area contributed by atoms with Crippen molar-refractivity contribution in [1.82, 2.24) is 14.5 Å². The van der Waals surface area contributed by atoms with Crippen LogP contribution >= 0.6 is 31.9 Å². The van der Waals surface area contributed by atoms with Crippen LogP contribution in [-0.2, 0) is 13.6 Å². The number of rotatable bonds is 4. The van der Waals surface area contributed by atoms with Crippen molar-refractivity contribution in [3.05, 3.63) is 50.9 Å². The van der Waals surface area contributed by atoms with Gasteiger partial charge in [-0.1, -0.05) is 31.9 Å². The summed E-state index contributed by atoms with van der Waals surface area (Å²) >= 11 is 6.88. The lowest BCUT2D eigenvalue weighted by atomic mass is 10.2. The minimum Gasteiger partial charge on any atom is -0.337 e. The Morgan fingerprint density at radius 2 is 2.00 bits per heavy atom. The lowest BCUT2D eigenvalue weighted by Crippen LogP contribution is -2.33. The minimum atomic E-state index is 0.0579. The van der Waals surface area contributed by atoms with Gasteiger partial charge in [0.15, 0.2) is 0 Å². The van der Waals surface area contributed by atoms with Crippen molar-refractivity contribution in [3.8, 4) is 0 Å². The molecule has 1 aromatic carbocycles. The van der Waals surface area contributed by atoms with Gasteiger partial charge < -0.3 is 9.47 Å². The summed E-state index contributed by atoms with van der Waals surface area (Å²) in [5.74, 6) is 0.965. The second-order valence-electron chi connectivity index (χ2n) is 5.28. The highest BCUT2D eigenvalue weighted by atomic mass is 79.9. The third-order valence-electron chi connectivity index (χ3n) is 3.59. The first-order chi connectivity index (χ1) is 10.0. The molecular weight excluding hydrogens is 398 g/mol. The average molecular weight is 413 g/mol. The van der Waals surface area contributed by atoms with Crippen molar-refractivity contribution in [2.24, 2.45) is 7.05 Å². The summed E-state index contributed by atoms with van der Waals surface area (Å²) in [6, 6.07) is 5.99. The quantitative estimate of drug-likeness (QED) is 0.766. The number of benzene rings is 1. The Morgan fingerprint density at radius 3 is 2.52 bits per heavy atom. The van der Waals surface area contributed by atoms with Gasteiger partial charge in [-0.3, -0.25) is 4.79 Å². The lowest BCUT2D eigenvalue weighted by molar-refractivity contribution is 0.0724. The maximum atomic E-state index is 12.8. The van der Waals surface area contributed by atoms with Crippen molar-refractivity contribution < 1.29 is 4.79 Å². The van der Waals surface area contributed by atoms with E-state index in [1.807, 2.05) is 40.9 Å². The number of carbonyl (C=O) groups is 1. The number of hydrogen-bond acceptors (Lipinski definition) is 2. The van der Waals surface area contributed by atoms with Gasteiger partial charge in [0.05, 0.1) is 6.54 Å². The maximum Gasteiger partial charge on any atom is 0.254 e. The molecule has 0 N–H and O–H groups in total. The summed E-state index contributed by atoms with van der Waals surface area (Å²) in [5.41, 5.74) is 0.692. The van der Waals surface area contributed by atoms with Crippen LogP contribution in [-0.4, -0.2) is 26.4 Å². The van der Waals surface area contributed by atoms with Gasteiger partial charge >= 0.3 is 0 Å². The largest absolute Gasteiger partial charge is 0.337 e. The molecule has 4 nitrogen and oxygen atoms in total. The van der Waals surface area contributed by atoms with Crippen LogP contribution in [0.3, 0.4) is 0 Å². The van der Waals surface area contributed by atoms with Crippen LogP contribution in [0.5, 0.6) is 0 Å². The Bertz CT molecular complexity index is 659. The number of carbonyl (C=O) groups excluding carboxylic acids is 1. The Hall–Kier alpha value is -1.14. The third kappa shape index (κ3) is 3.37. The van der Waals surface area contributed by atoms with Gasteiger partial charge in [-0.05, 0) is 31.0 Å². The topological polar surface area (TPSA) is 38.1 Å². The monoisotopic (exact) mass is 411 g/mol. The fraction of sp³-hybridized carbons (Fsp3) is 0.333.